The van der Waals surface area contributed by atoms with Crippen LogP contribution in [0.5, 0.6) is 5.75 Å². The Morgan fingerprint density at radius 3 is 2.29 bits per heavy atom. The van der Waals surface area contributed by atoms with E-state index in [4.69, 9.17) is 4.74 Å². The molecule has 1 unspecified atom stereocenters. The number of methoxy groups -OCH3 is 1. The highest BCUT2D eigenvalue weighted by molar-refractivity contribution is 5.45. The zero-order valence-electron chi connectivity index (χ0n) is 12.9. The summed E-state index contributed by atoms with van der Waals surface area (Å²) in [7, 11) is 1.68. The van der Waals surface area contributed by atoms with Crippen LogP contribution in [0.3, 0.4) is 0 Å². The van der Waals surface area contributed by atoms with Gasteiger partial charge in [-0.2, -0.15) is 0 Å². The summed E-state index contributed by atoms with van der Waals surface area (Å²) in [5.41, 5.74) is 5.40. The van der Waals surface area contributed by atoms with Crippen LogP contribution in [0, 0.1) is 13.8 Å². The summed E-state index contributed by atoms with van der Waals surface area (Å²) >= 11 is 0. The number of aliphatic hydroxyl groups is 1. The Morgan fingerprint density at radius 1 is 1.05 bits per heavy atom. The average molecular weight is 282 g/mol. The maximum atomic E-state index is 10.7. The Balaban J connectivity index is 1.90. The quantitative estimate of drug-likeness (QED) is 0.907. The average Bonchev–Trinajstić information content (AvgIpc) is 3.33. The molecule has 3 rings (SSSR count). The van der Waals surface area contributed by atoms with Gasteiger partial charge >= 0.3 is 0 Å². The Hall–Kier alpha value is -1.80. The first kappa shape index (κ1) is 14.2. The second kappa shape index (κ2) is 5.53. The number of ether oxygens (including phenoxy) is 1. The minimum Gasteiger partial charge on any atom is -0.496 e. The molecule has 1 N–H and O–H groups in total. The van der Waals surface area contributed by atoms with Crippen LogP contribution in [-0.4, -0.2) is 12.2 Å². The van der Waals surface area contributed by atoms with E-state index in [-0.39, 0.29) is 0 Å². The molecule has 2 nitrogen and oxygen atoms in total. The van der Waals surface area contributed by atoms with Gasteiger partial charge in [0, 0.05) is 0 Å². The van der Waals surface area contributed by atoms with Crippen molar-refractivity contribution in [3.8, 4) is 5.75 Å². The van der Waals surface area contributed by atoms with Crippen molar-refractivity contribution in [1.29, 1.82) is 0 Å². The summed E-state index contributed by atoms with van der Waals surface area (Å²) in [6.45, 7) is 4.02. The van der Waals surface area contributed by atoms with Crippen molar-refractivity contribution in [3.63, 3.8) is 0 Å². The normalized spacial score (nSPS) is 15.8. The SMILES string of the molecule is COc1cc(C)c(C(O)c2ccc(C3CC3)cc2)cc1C. The summed E-state index contributed by atoms with van der Waals surface area (Å²) in [4.78, 5) is 0. The van der Waals surface area contributed by atoms with Gasteiger partial charge in [0.25, 0.3) is 0 Å². The molecule has 2 aromatic rings. The Labute approximate surface area is 126 Å². The molecule has 0 saturated heterocycles. The molecule has 1 fully saturated rings. The number of hydrogen-bond acceptors (Lipinski definition) is 2. The first-order valence-corrected chi connectivity index (χ1v) is 7.53. The molecule has 0 heterocycles. The van der Waals surface area contributed by atoms with Crippen molar-refractivity contribution in [3.05, 3.63) is 64.2 Å². The number of aryl methyl sites for hydroxylation is 2. The lowest BCUT2D eigenvalue weighted by molar-refractivity contribution is 0.219. The lowest BCUT2D eigenvalue weighted by Gasteiger charge is -2.17. The van der Waals surface area contributed by atoms with Crippen molar-refractivity contribution in [1.82, 2.24) is 0 Å². The number of hydrogen-bond donors (Lipinski definition) is 1. The van der Waals surface area contributed by atoms with Crippen LogP contribution in [0.2, 0.25) is 0 Å². The molecule has 0 amide bonds. The topological polar surface area (TPSA) is 29.5 Å². The van der Waals surface area contributed by atoms with E-state index in [0.29, 0.717) is 0 Å². The van der Waals surface area contributed by atoms with Gasteiger partial charge < -0.3 is 9.84 Å². The predicted molar refractivity (Wildman–Crippen MR) is 84.9 cm³/mol. The van der Waals surface area contributed by atoms with Gasteiger partial charge in [0.15, 0.2) is 0 Å². The van der Waals surface area contributed by atoms with Crippen molar-refractivity contribution in [2.24, 2.45) is 0 Å². The van der Waals surface area contributed by atoms with E-state index in [0.717, 1.165) is 33.9 Å². The number of aliphatic hydroxyl groups excluding tert-OH is 1. The molecule has 110 valence electrons. The molecule has 0 aliphatic heterocycles. The molecule has 1 aliphatic rings. The molecule has 0 spiro atoms. The van der Waals surface area contributed by atoms with E-state index in [2.05, 4.69) is 24.3 Å². The van der Waals surface area contributed by atoms with Gasteiger partial charge in [0.1, 0.15) is 11.9 Å². The molecule has 1 saturated carbocycles. The lowest BCUT2D eigenvalue weighted by Crippen LogP contribution is -2.03. The standard InChI is InChI=1S/C19H22O2/c1-12-11-18(21-3)13(2)10-17(12)19(20)16-8-6-15(7-9-16)14-4-5-14/h6-11,14,19-20H,4-5H2,1-3H3. The first-order valence-electron chi connectivity index (χ1n) is 7.53. The fourth-order valence-electron chi connectivity index (χ4n) is 2.87. The van der Waals surface area contributed by atoms with Crippen molar-refractivity contribution in [2.75, 3.05) is 7.11 Å². The van der Waals surface area contributed by atoms with Crippen LogP contribution < -0.4 is 4.74 Å². The Kier molecular flexibility index (Phi) is 3.73. The maximum absolute atomic E-state index is 10.7. The van der Waals surface area contributed by atoms with Crippen LogP contribution in [0.25, 0.3) is 0 Å². The smallest absolute Gasteiger partial charge is 0.122 e. The monoisotopic (exact) mass is 282 g/mol. The molecule has 0 bridgehead atoms. The van der Waals surface area contributed by atoms with E-state index in [1.54, 1.807) is 7.11 Å². The minimum atomic E-state index is -0.581. The minimum absolute atomic E-state index is 0.581. The molecular weight excluding hydrogens is 260 g/mol. The molecule has 0 radical (unpaired) electrons. The fourth-order valence-corrected chi connectivity index (χ4v) is 2.87. The molecular formula is C19H22O2. The summed E-state index contributed by atoms with van der Waals surface area (Å²) in [6.07, 6.45) is 2.03. The van der Waals surface area contributed by atoms with E-state index < -0.39 is 6.10 Å². The maximum Gasteiger partial charge on any atom is 0.122 e. The van der Waals surface area contributed by atoms with Crippen molar-refractivity contribution < 1.29 is 9.84 Å². The van der Waals surface area contributed by atoms with Crippen molar-refractivity contribution in [2.45, 2.75) is 38.7 Å². The molecule has 1 aliphatic carbocycles. The third-order valence-corrected chi connectivity index (χ3v) is 4.38. The second-order valence-electron chi connectivity index (χ2n) is 6.02. The Bertz CT molecular complexity index is 639. The van der Waals surface area contributed by atoms with E-state index in [1.807, 2.05) is 26.0 Å². The van der Waals surface area contributed by atoms with Crippen LogP contribution in [-0.2, 0) is 0 Å². The zero-order chi connectivity index (χ0) is 15.0. The van der Waals surface area contributed by atoms with Gasteiger partial charge in [-0.3, -0.25) is 0 Å². The molecule has 2 heteroatoms. The number of benzene rings is 2. The van der Waals surface area contributed by atoms with Crippen LogP contribution in [0.4, 0.5) is 0 Å². The summed E-state index contributed by atoms with van der Waals surface area (Å²) in [6, 6.07) is 12.4. The van der Waals surface area contributed by atoms with Crippen LogP contribution in [0.15, 0.2) is 36.4 Å². The van der Waals surface area contributed by atoms with Crippen LogP contribution in [0.1, 0.15) is 52.7 Å². The Morgan fingerprint density at radius 2 is 1.71 bits per heavy atom. The first-order chi connectivity index (χ1) is 10.1. The number of rotatable bonds is 4. The summed E-state index contributed by atoms with van der Waals surface area (Å²) < 4.78 is 5.33. The molecule has 21 heavy (non-hydrogen) atoms. The van der Waals surface area contributed by atoms with E-state index in [1.165, 1.54) is 18.4 Å². The highest BCUT2D eigenvalue weighted by atomic mass is 16.5. The van der Waals surface area contributed by atoms with Gasteiger partial charge in [-0.1, -0.05) is 24.3 Å². The van der Waals surface area contributed by atoms with Crippen LogP contribution >= 0.6 is 0 Å². The highest BCUT2D eigenvalue weighted by Gasteiger charge is 2.23. The van der Waals surface area contributed by atoms with E-state index in [9.17, 15) is 5.11 Å². The van der Waals surface area contributed by atoms with Gasteiger partial charge in [0.2, 0.25) is 0 Å². The highest BCUT2D eigenvalue weighted by Crippen LogP contribution is 2.40. The third-order valence-electron chi connectivity index (χ3n) is 4.38. The zero-order valence-corrected chi connectivity index (χ0v) is 12.9. The summed E-state index contributed by atoms with van der Waals surface area (Å²) in [5.74, 6) is 1.62. The van der Waals surface area contributed by atoms with E-state index >= 15 is 0 Å². The van der Waals surface area contributed by atoms with Crippen molar-refractivity contribution >= 4 is 0 Å². The molecule has 2 aromatic carbocycles. The third kappa shape index (κ3) is 2.81. The predicted octanol–water partition coefficient (Wildman–Crippen LogP) is 4.27. The lowest BCUT2D eigenvalue weighted by atomic mass is 9.94. The fraction of sp³-hybridized carbons (Fsp3) is 0.368. The second-order valence-corrected chi connectivity index (χ2v) is 6.02. The van der Waals surface area contributed by atoms with Gasteiger partial charge in [-0.15, -0.1) is 0 Å². The summed E-state index contributed by atoms with van der Waals surface area (Å²) in [5, 5.41) is 10.7. The largest absolute Gasteiger partial charge is 0.496 e. The van der Waals surface area contributed by atoms with Gasteiger partial charge in [-0.05, 0) is 72.6 Å². The molecule has 0 aromatic heterocycles. The van der Waals surface area contributed by atoms with Gasteiger partial charge in [-0.25, -0.2) is 0 Å². The molecule has 1 atom stereocenters. The van der Waals surface area contributed by atoms with Gasteiger partial charge in [0.05, 0.1) is 7.11 Å².